The number of hydrogen-bond donors (Lipinski definition) is 7. The summed E-state index contributed by atoms with van der Waals surface area (Å²) in [7, 11) is -5.85. The molecule has 0 bridgehead atoms. The predicted octanol–water partition coefficient (Wildman–Crippen LogP) is -4.40. The predicted molar refractivity (Wildman–Crippen MR) is 75.5 cm³/mol. The summed E-state index contributed by atoms with van der Waals surface area (Å²) >= 11 is 0. The van der Waals surface area contributed by atoms with Gasteiger partial charge >= 0.3 is 10.4 Å². The smallest absolute Gasteiger partial charge is 0.394 e. The van der Waals surface area contributed by atoms with Crippen LogP contribution in [0.5, 0.6) is 0 Å². The maximum atomic E-state index is 10.7. The van der Waals surface area contributed by atoms with Crippen molar-refractivity contribution in [2.45, 2.75) is 35.8 Å². The van der Waals surface area contributed by atoms with E-state index in [-0.39, 0.29) is 11.5 Å². The Balaban J connectivity index is 2.80. The fourth-order valence-electron chi connectivity index (χ4n) is 2.23. The molecule has 10 nitrogen and oxygen atoms in total. The summed E-state index contributed by atoms with van der Waals surface area (Å²) in [4.78, 5) is 0. The molecule has 7 N–H and O–H groups in total. The number of aliphatic hydroxyl groups excluding tert-OH is 6. The minimum Gasteiger partial charge on any atom is -0.394 e. The second-order valence-electron chi connectivity index (χ2n) is 4.96. The van der Waals surface area contributed by atoms with Gasteiger partial charge in [-0.25, -0.2) is 4.18 Å². The van der Waals surface area contributed by atoms with E-state index in [1.54, 1.807) is 0 Å². The summed E-state index contributed by atoms with van der Waals surface area (Å²) in [5.41, 5.74) is 0. The van der Waals surface area contributed by atoms with Gasteiger partial charge in [0.1, 0.15) is 42.0 Å². The van der Waals surface area contributed by atoms with Crippen LogP contribution in [-0.2, 0) is 25.5 Å². The Labute approximate surface area is 130 Å². The summed E-state index contributed by atoms with van der Waals surface area (Å²) in [5, 5.41) is 56.1. The van der Waals surface area contributed by atoms with Crippen LogP contribution < -0.4 is 0 Å². The third-order valence-electron chi connectivity index (χ3n) is 3.33. The fraction of sp³-hybridized carbons (Fsp3) is 1.00. The third-order valence-corrected chi connectivity index (χ3v) is 6.62. The number of aliphatic hydroxyl groups is 6. The topological polar surface area (TPSA) is 185 Å². The van der Waals surface area contributed by atoms with E-state index >= 15 is 0 Å². The zero-order valence-corrected chi connectivity index (χ0v) is 13.1. The van der Waals surface area contributed by atoms with E-state index in [0.29, 0.717) is 0 Å². The van der Waals surface area contributed by atoms with E-state index in [1.807, 2.05) is 0 Å². The number of rotatable bonds is 8. The van der Waals surface area contributed by atoms with Gasteiger partial charge in [-0.2, -0.15) is 8.42 Å². The SMILES string of the molecule is O=S(=O)(O)O[C@@H]([C@H](O)CO)[C@H](O)C[S@+]1C[C@@H](O)[C@H](O)[C@H]1CO. The lowest BCUT2D eigenvalue weighted by Gasteiger charge is -2.24. The first-order chi connectivity index (χ1) is 10.1. The Hall–Kier alpha value is -0.0200. The van der Waals surface area contributed by atoms with E-state index in [0.717, 1.165) is 0 Å². The van der Waals surface area contributed by atoms with Gasteiger partial charge in [0.15, 0.2) is 5.25 Å². The molecule has 0 aromatic carbocycles. The second-order valence-corrected chi connectivity index (χ2v) is 8.35. The van der Waals surface area contributed by atoms with Crippen molar-refractivity contribution in [2.75, 3.05) is 24.7 Å². The Bertz CT molecular complexity index is 443. The van der Waals surface area contributed by atoms with Crippen molar-refractivity contribution < 1.29 is 47.8 Å². The molecule has 0 radical (unpaired) electrons. The lowest BCUT2D eigenvalue weighted by molar-refractivity contribution is -0.0563. The molecule has 0 spiro atoms. The Morgan fingerprint density at radius 3 is 2.23 bits per heavy atom. The first kappa shape index (κ1) is 20.0. The lowest BCUT2D eigenvalue weighted by atomic mass is 10.1. The molecule has 12 heteroatoms. The van der Waals surface area contributed by atoms with Crippen molar-refractivity contribution in [3.8, 4) is 0 Å². The average Bonchev–Trinajstić information content (AvgIpc) is 2.68. The highest BCUT2D eigenvalue weighted by Crippen LogP contribution is 2.25. The van der Waals surface area contributed by atoms with E-state index in [4.69, 9.17) is 9.66 Å². The van der Waals surface area contributed by atoms with Gasteiger partial charge in [0, 0.05) is 10.9 Å². The molecule has 1 fully saturated rings. The summed E-state index contributed by atoms with van der Waals surface area (Å²) in [6, 6.07) is 0. The fourth-order valence-corrected chi connectivity index (χ4v) is 5.45. The van der Waals surface area contributed by atoms with E-state index in [9.17, 15) is 34.0 Å². The molecule has 0 aromatic rings. The molecule has 22 heavy (non-hydrogen) atoms. The molecule has 7 atom stereocenters. The van der Waals surface area contributed by atoms with Crippen molar-refractivity contribution in [1.82, 2.24) is 0 Å². The van der Waals surface area contributed by atoms with Gasteiger partial charge < -0.3 is 30.6 Å². The molecule has 0 unspecified atom stereocenters. The Morgan fingerprint density at radius 1 is 1.18 bits per heavy atom. The number of hydrogen-bond acceptors (Lipinski definition) is 9. The normalized spacial score (nSPS) is 33.6. The van der Waals surface area contributed by atoms with Crippen molar-refractivity contribution >= 4 is 21.3 Å². The van der Waals surface area contributed by atoms with Crippen LogP contribution in [0.25, 0.3) is 0 Å². The monoisotopic (exact) mass is 365 g/mol. The molecule has 1 aliphatic rings. The largest absolute Gasteiger partial charge is 0.397 e. The highest BCUT2D eigenvalue weighted by Gasteiger charge is 2.51. The molecule has 0 saturated carbocycles. The van der Waals surface area contributed by atoms with Crippen LogP contribution in [0, 0.1) is 0 Å². The van der Waals surface area contributed by atoms with Crippen LogP contribution in [0.4, 0.5) is 0 Å². The zero-order valence-electron chi connectivity index (χ0n) is 11.5. The highest BCUT2D eigenvalue weighted by molar-refractivity contribution is 7.97. The molecule has 1 aliphatic heterocycles. The summed E-state index contributed by atoms with van der Waals surface area (Å²) in [6.45, 7) is -1.36. The van der Waals surface area contributed by atoms with Gasteiger partial charge in [-0.1, -0.05) is 0 Å². The average molecular weight is 365 g/mol. The second kappa shape index (κ2) is 8.19. The minimum absolute atomic E-state index is 0.0806. The standard InChI is InChI=1S/C10H20O10S2/c11-1-5(13)10(20-22(17,18)19)7(15)4-21-3-6(14)9(16)8(21)2-12/h5-16H,1-4H2/p+1/t5-,6-,7-,8-,9+,10+,21+/m1/s1. The van der Waals surface area contributed by atoms with Crippen LogP contribution in [-0.4, -0.2) is 104 Å². The van der Waals surface area contributed by atoms with Crippen LogP contribution in [0.15, 0.2) is 0 Å². The van der Waals surface area contributed by atoms with Crippen molar-refractivity contribution in [3.63, 3.8) is 0 Å². The van der Waals surface area contributed by atoms with Gasteiger partial charge in [0.2, 0.25) is 0 Å². The van der Waals surface area contributed by atoms with Gasteiger partial charge in [-0.05, 0) is 0 Å². The van der Waals surface area contributed by atoms with E-state index in [1.165, 1.54) is 0 Å². The van der Waals surface area contributed by atoms with Crippen molar-refractivity contribution in [1.29, 1.82) is 0 Å². The quantitative estimate of drug-likeness (QED) is 0.164. The first-order valence-corrected chi connectivity index (χ1v) is 9.35. The van der Waals surface area contributed by atoms with Crippen LogP contribution >= 0.6 is 0 Å². The van der Waals surface area contributed by atoms with Gasteiger partial charge in [0.25, 0.3) is 0 Å². The molecule has 0 aliphatic carbocycles. The highest BCUT2D eigenvalue weighted by atomic mass is 32.3. The molecule has 1 heterocycles. The molecule has 0 amide bonds. The van der Waals surface area contributed by atoms with Crippen LogP contribution in [0.3, 0.4) is 0 Å². The Kier molecular flexibility index (Phi) is 7.45. The lowest BCUT2D eigenvalue weighted by Crippen LogP contribution is -2.47. The summed E-state index contributed by atoms with van der Waals surface area (Å²) in [6.07, 6.45) is -7.47. The van der Waals surface area contributed by atoms with Gasteiger partial charge in [-0.3, -0.25) is 4.55 Å². The van der Waals surface area contributed by atoms with E-state index in [2.05, 4.69) is 4.18 Å². The zero-order chi connectivity index (χ0) is 17.1. The molecule has 1 saturated heterocycles. The van der Waals surface area contributed by atoms with Gasteiger partial charge in [-0.15, -0.1) is 0 Å². The maximum absolute atomic E-state index is 10.7. The Morgan fingerprint density at radius 2 is 1.77 bits per heavy atom. The molecule has 0 aromatic heterocycles. The van der Waals surface area contributed by atoms with Gasteiger partial charge in [0.05, 0.1) is 13.2 Å². The van der Waals surface area contributed by atoms with Crippen molar-refractivity contribution in [2.24, 2.45) is 0 Å². The summed E-state index contributed by atoms with van der Waals surface area (Å²) < 4.78 is 34.3. The van der Waals surface area contributed by atoms with Crippen LogP contribution in [0.2, 0.25) is 0 Å². The first-order valence-electron chi connectivity index (χ1n) is 6.36. The van der Waals surface area contributed by atoms with Crippen LogP contribution in [0.1, 0.15) is 0 Å². The summed E-state index contributed by atoms with van der Waals surface area (Å²) in [5.74, 6) is -0.117. The molecule has 1 rings (SSSR count). The molecular weight excluding hydrogens is 344 g/mol. The third kappa shape index (κ3) is 5.26. The molecular formula is C10H21O10S2+. The van der Waals surface area contributed by atoms with Crippen molar-refractivity contribution in [3.05, 3.63) is 0 Å². The van der Waals surface area contributed by atoms with E-state index < -0.39 is 70.3 Å². The molecule has 132 valence electrons. The maximum Gasteiger partial charge on any atom is 0.397 e. The minimum atomic E-state index is -4.97.